The predicted octanol–water partition coefficient (Wildman–Crippen LogP) is 1.96. The van der Waals surface area contributed by atoms with Gasteiger partial charge in [-0.1, -0.05) is 6.42 Å². The van der Waals surface area contributed by atoms with E-state index in [1.807, 2.05) is 5.38 Å². The van der Waals surface area contributed by atoms with Crippen LogP contribution in [0.2, 0.25) is 0 Å². The molecule has 1 aliphatic carbocycles. The molecule has 0 spiro atoms. The topological polar surface area (TPSA) is 131 Å². The number of anilines is 1. The molecular weight excluding hydrogens is 430 g/mol. The molecule has 1 aliphatic heterocycles. The summed E-state index contributed by atoms with van der Waals surface area (Å²) in [6.07, 6.45) is 4.68. The van der Waals surface area contributed by atoms with Crippen LogP contribution in [-0.2, 0) is 0 Å². The van der Waals surface area contributed by atoms with Gasteiger partial charge in [0.05, 0.1) is 17.5 Å². The molecule has 0 bridgehead atoms. The average molecular weight is 454 g/mol. The van der Waals surface area contributed by atoms with E-state index in [1.165, 1.54) is 34.3 Å². The number of carbonyl (C=O) groups is 2. The Bertz CT molecular complexity index is 1280. The van der Waals surface area contributed by atoms with Crippen LogP contribution < -0.4 is 16.2 Å². The summed E-state index contributed by atoms with van der Waals surface area (Å²) in [6.45, 7) is 0.850. The van der Waals surface area contributed by atoms with E-state index in [0.717, 1.165) is 25.0 Å². The number of hydrogen-bond donors (Lipinski definition) is 2. The standard InChI is InChI=1S/C22H23N5O4S/c23-19(30)13-7-17(21-24-16(11-32-21)12-3-1-4-12)27-18(8-13)25-20(15(10-28)22(27)31)26-6-2-5-14(29)9-26/h7-8,10-12,14,29H,1-6,9H2,(H2,23,30). The zero-order valence-electron chi connectivity index (χ0n) is 17.4. The number of aliphatic hydroxyl groups is 1. The highest BCUT2D eigenvalue weighted by atomic mass is 32.1. The molecule has 0 aromatic carbocycles. The van der Waals surface area contributed by atoms with Gasteiger partial charge in [-0.05, 0) is 37.8 Å². The molecule has 9 nitrogen and oxygen atoms in total. The lowest BCUT2D eigenvalue weighted by atomic mass is 9.83. The smallest absolute Gasteiger partial charge is 0.271 e. The van der Waals surface area contributed by atoms with Crippen molar-refractivity contribution >= 4 is 35.0 Å². The van der Waals surface area contributed by atoms with Crippen molar-refractivity contribution in [2.75, 3.05) is 18.0 Å². The van der Waals surface area contributed by atoms with E-state index >= 15 is 0 Å². The number of fused-ring (bicyclic) bond motifs is 1. The predicted molar refractivity (Wildman–Crippen MR) is 121 cm³/mol. The second kappa shape index (κ2) is 8.10. The van der Waals surface area contributed by atoms with Gasteiger partial charge in [-0.2, -0.15) is 0 Å². The third-order valence-electron chi connectivity index (χ3n) is 6.30. The minimum absolute atomic E-state index is 0.0829. The number of pyridine rings is 1. The molecule has 1 amide bonds. The van der Waals surface area contributed by atoms with Gasteiger partial charge in [-0.15, -0.1) is 11.3 Å². The molecule has 2 fully saturated rings. The van der Waals surface area contributed by atoms with Crippen LogP contribution in [0.3, 0.4) is 0 Å². The third kappa shape index (κ3) is 3.49. The zero-order valence-corrected chi connectivity index (χ0v) is 18.2. The summed E-state index contributed by atoms with van der Waals surface area (Å²) in [6, 6.07) is 2.98. The van der Waals surface area contributed by atoms with E-state index < -0.39 is 17.6 Å². The lowest BCUT2D eigenvalue weighted by Crippen LogP contribution is -2.40. The Morgan fingerprint density at radius 1 is 1.22 bits per heavy atom. The Hall–Kier alpha value is -3.11. The van der Waals surface area contributed by atoms with Crippen molar-refractivity contribution in [2.45, 2.75) is 44.1 Å². The van der Waals surface area contributed by atoms with Gasteiger partial charge >= 0.3 is 0 Å². The van der Waals surface area contributed by atoms with Crippen LogP contribution in [0.25, 0.3) is 16.3 Å². The lowest BCUT2D eigenvalue weighted by molar-refractivity contribution is 0.0999. The fourth-order valence-corrected chi connectivity index (χ4v) is 5.25. The Labute approximate surface area is 187 Å². The molecular formula is C22H23N5O4S. The van der Waals surface area contributed by atoms with Gasteiger partial charge in [0.25, 0.3) is 5.56 Å². The first-order valence-corrected chi connectivity index (χ1v) is 11.6. The van der Waals surface area contributed by atoms with Crippen molar-refractivity contribution in [3.05, 3.63) is 44.7 Å². The number of primary amides is 1. The Balaban J connectivity index is 1.73. The minimum atomic E-state index is -0.645. The van der Waals surface area contributed by atoms with E-state index in [0.29, 0.717) is 35.9 Å². The van der Waals surface area contributed by atoms with Gasteiger partial charge in [0.2, 0.25) is 5.91 Å². The Morgan fingerprint density at radius 2 is 2.03 bits per heavy atom. The summed E-state index contributed by atoms with van der Waals surface area (Å²) in [7, 11) is 0. The number of hydrogen-bond acceptors (Lipinski definition) is 8. The van der Waals surface area contributed by atoms with E-state index in [-0.39, 0.29) is 29.1 Å². The molecule has 0 radical (unpaired) electrons. The minimum Gasteiger partial charge on any atom is -0.391 e. The maximum Gasteiger partial charge on any atom is 0.271 e. The normalized spacial score (nSPS) is 19.2. The second-order valence-electron chi connectivity index (χ2n) is 8.41. The van der Waals surface area contributed by atoms with E-state index in [9.17, 15) is 19.5 Å². The van der Waals surface area contributed by atoms with Crippen molar-refractivity contribution in [1.82, 2.24) is 14.4 Å². The number of carbonyl (C=O) groups excluding carboxylic acids is 2. The molecule has 1 saturated heterocycles. The molecule has 1 unspecified atom stereocenters. The molecule has 3 aromatic rings. The highest BCUT2D eigenvalue weighted by Gasteiger charge is 2.27. The van der Waals surface area contributed by atoms with Gasteiger partial charge in [0.1, 0.15) is 22.0 Å². The molecule has 1 saturated carbocycles. The van der Waals surface area contributed by atoms with Crippen LogP contribution in [0.1, 0.15) is 64.4 Å². The molecule has 3 aromatic heterocycles. The van der Waals surface area contributed by atoms with Gasteiger partial charge in [-0.3, -0.25) is 18.8 Å². The van der Waals surface area contributed by atoms with Crippen LogP contribution in [-0.4, -0.2) is 50.9 Å². The molecule has 2 aliphatic rings. The molecule has 10 heteroatoms. The van der Waals surface area contributed by atoms with Crippen molar-refractivity contribution in [3.8, 4) is 10.7 Å². The number of aromatic nitrogens is 3. The van der Waals surface area contributed by atoms with Crippen molar-refractivity contribution in [3.63, 3.8) is 0 Å². The van der Waals surface area contributed by atoms with E-state index in [1.54, 1.807) is 4.90 Å². The number of β-amino-alcohol motifs (C(OH)–C–C–N with tert-alkyl or cyclic N) is 1. The summed E-state index contributed by atoms with van der Waals surface area (Å²) >= 11 is 1.39. The Kier molecular flexibility index (Phi) is 5.26. The van der Waals surface area contributed by atoms with E-state index in [2.05, 4.69) is 4.98 Å². The van der Waals surface area contributed by atoms with Crippen LogP contribution in [0, 0.1) is 0 Å². The lowest BCUT2D eigenvalue weighted by Gasteiger charge is -2.31. The number of aliphatic hydroxyl groups excluding tert-OH is 1. The summed E-state index contributed by atoms with van der Waals surface area (Å²) in [5, 5.41) is 12.6. The van der Waals surface area contributed by atoms with E-state index in [4.69, 9.17) is 10.7 Å². The van der Waals surface area contributed by atoms with Crippen LogP contribution >= 0.6 is 11.3 Å². The number of nitrogens with zero attached hydrogens (tertiary/aromatic N) is 4. The van der Waals surface area contributed by atoms with Gasteiger partial charge < -0.3 is 15.7 Å². The summed E-state index contributed by atoms with van der Waals surface area (Å²) in [5.74, 6) is -0.0121. The van der Waals surface area contributed by atoms with Crippen LogP contribution in [0.15, 0.2) is 22.3 Å². The Morgan fingerprint density at radius 3 is 2.69 bits per heavy atom. The third-order valence-corrected chi connectivity index (χ3v) is 7.19. The molecule has 5 rings (SSSR count). The first-order valence-electron chi connectivity index (χ1n) is 10.7. The van der Waals surface area contributed by atoms with Crippen molar-refractivity contribution in [2.24, 2.45) is 5.73 Å². The van der Waals surface area contributed by atoms with Gasteiger partial charge in [-0.25, -0.2) is 9.97 Å². The number of rotatable bonds is 5. The summed E-state index contributed by atoms with van der Waals surface area (Å²) in [5.41, 5.74) is 6.72. The van der Waals surface area contributed by atoms with Crippen LogP contribution in [0.5, 0.6) is 0 Å². The maximum absolute atomic E-state index is 13.5. The van der Waals surface area contributed by atoms with Gasteiger partial charge in [0.15, 0.2) is 6.29 Å². The number of thiazole rings is 1. The fraction of sp³-hybridized carbons (Fsp3) is 0.409. The van der Waals surface area contributed by atoms with Crippen molar-refractivity contribution < 1.29 is 14.7 Å². The zero-order chi connectivity index (χ0) is 22.4. The fourth-order valence-electron chi connectivity index (χ4n) is 4.35. The monoisotopic (exact) mass is 453 g/mol. The second-order valence-corrected chi connectivity index (χ2v) is 9.26. The highest BCUT2D eigenvalue weighted by Crippen LogP contribution is 2.38. The molecule has 166 valence electrons. The number of piperidine rings is 1. The largest absolute Gasteiger partial charge is 0.391 e. The average Bonchev–Trinajstić information content (AvgIpc) is 3.20. The SMILES string of the molecule is NC(=O)c1cc(-c2nc(C3CCC3)cs2)n2c(=O)c(C=O)c(N3CCCC(O)C3)nc2c1. The van der Waals surface area contributed by atoms with Gasteiger partial charge in [0, 0.05) is 30.0 Å². The molecule has 3 N–H and O–H groups in total. The number of aldehydes is 1. The first kappa shape index (κ1) is 20.8. The molecule has 1 atom stereocenters. The number of nitrogens with two attached hydrogens (primary N) is 1. The van der Waals surface area contributed by atoms with Crippen LogP contribution in [0.4, 0.5) is 5.82 Å². The maximum atomic E-state index is 13.5. The molecule has 4 heterocycles. The number of amides is 1. The first-order chi connectivity index (χ1) is 15.5. The quantitative estimate of drug-likeness (QED) is 0.565. The molecule has 32 heavy (non-hydrogen) atoms. The highest BCUT2D eigenvalue weighted by molar-refractivity contribution is 7.13. The summed E-state index contributed by atoms with van der Waals surface area (Å²) in [4.78, 5) is 48.5. The summed E-state index contributed by atoms with van der Waals surface area (Å²) < 4.78 is 1.32. The van der Waals surface area contributed by atoms with Crippen molar-refractivity contribution in [1.29, 1.82) is 0 Å².